The average molecular weight is 347 g/mol. The van der Waals surface area contributed by atoms with Gasteiger partial charge >= 0.3 is 6.03 Å². The zero-order valence-electron chi connectivity index (χ0n) is 14.8. The molecule has 5 nitrogen and oxygen atoms in total. The molecule has 136 valence electrons. The number of carbonyl (C=O) groups is 2. The fraction of sp³-hybridized carbons (Fsp3) is 0.579. The molecule has 25 heavy (non-hydrogen) atoms. The number of amides is 2. The summed E-state index contributed by atoms with van der Waals surface area (Å²) >= 11 is 0. The highest BCUT2D eigenvalue weighted by Crippen LogP contribution is 2.21. The molecule has 1 atom stereocenters. The van der Waals surface area contributed by atoms with Crippen molar-refractivity contribution >= 4 is 17.5 Å². The van der Waals surface area contributed by atoms with Crippen LogP contribution >= 0.6 is 0 Å². The lowest BCUT2D eigenvalue weighted by Crippen LogP contribution is -2.37. The quantitative estimate of drug-likeness (QED) is 0.850. The SMILES string of the molecule is CC(=O)c1cc(NC(=O)N2CCC(CN3CCCCC3)C2)ccc1F. The number of likely N-dealkylation sites (tertiary alicyclic amines) is 2. The van der Waals surface area contributed by atoms with Gasteiger partial charge in [0.15, 0.2) is 5.78 Å². The molecule has 2 aliphatic heterocycles. The first-order chi connectivity index (χ1) is 12.0. The van der Waals surface area contributed by atoms with E-state index in [2.05, 4.69) is 10.2 Å². The molecule has 0 spiro atoms. The molecule has 2 fully saturated rings. The summed E-state index contributed by atoms with van der Waals surface area (Å²) in [4.78, 5) is 28.2. The second-order valence-corrected chi connectivity index (χ2v) is 7.14. The highest BCUT2D eigenvalue weighted by Gasteiger charge is 2.28. The first-order valence-corrected chi connectivity index (χ1v) is 9.11. The maximum Gasteiger partial charge on any atom is 0.321 e. The number of Topliss-reactive ketones (excluding diaryl/α,β-unsaturated/α-hetero) is 1. The summed E-state index contributed by atoms with van der Waals surface area (Å²) in [6.07, 6.45) is 4.90. The van der Waals surface area contributed by atoms with Gasteiger partial charge in [0.25, 0.3) is 0 Å². The van der Waals surface area contributed by atoms with Gasteiger partial charge in [-0.1, -0.05) is 6.42 Å². The molecule has 1 unspecified atom stereocenters. The van der Waals surface area contributed by atoms with Gasteiger partial charge < -0.3 is 15.1 Å². The van der Waals surface area contributed by atoms with Crippen LogP contribution in [0.5, 0.6) is 0 Å². The van der Waals surface area contributed by atoms with Crippen molar-refractivity contribution in [3.63, 3.8) is 0 Å². The maximum atomic E-state index is 13.6. The van der Waals surface area contributed by atoms with E-state index in [1.165, 1.54) is 57.5 Å². The van der Waals surface area contributed by atoms with Crippen molar-refractivity contribution < 1.29 is 14.0 Å². The van der Waals surface area contributed by atoms with Crippen molar-refractivity contribution in [3.8, 4) is 0 Å². The Bertz CT molecular complexity index is 644. The number of piperidine rings is 1. The summed E-state index contributed by atoms with van der Waals surface area (Å²) in [5.41, 5.74) is 0.457. The third-order valence-corrected chi connectivity index (χ3v) is 5.14. The number of carbonyl (C=O) groups excluding carboxylic acids is 2. The molecule has 6 heteroatoms. The first-order valence-electron chi connectivity index (χ1n) is 9.11. The lowest BCUT2D eigenvalue weighted by molar-refractivity contribution is 0.101. The number of hydrogen-bond donors (Lipinski definition) is 1. The van der Waals surface area contributed by atoms with Crippen LogP contribution in [-0.4, -0.2) is 54.3 Å². The molecule has 3 rings (SSSR count). The van der Waals surface area contributed by atoms with Crippen LogP contribution in [0.2, 0.25) is 0 Å². The number of hydrogen-bond acceptors (Lipinski definition) is 3. The van der Waals surface area contributed by atoms with Crippen molar-refractivity contribution in [1.82, 2.24) is 9.80 Å². The minimum absolute atomic E-state index is 0.00203. The number of nitrogens with zero attached hydrogens (tertiary/aromatic N) is 2. The molecule has 2 amide bonds. The fourth-order valence-electron chi connectivity index (χ4n) is 3.75. The summed E-state index contributed by atoms with van der Waals surface area (Å²) in [7, 11) is 0. The Labute approximate surface area is 148 Å². The van der Waals surface area contributed by atoms with E-state index in [0.29, 0.717) is 11.6 Å². The van der Waals surface area contributed by atoms with Gasteiger partial charge in [-0.05, 0) is 63.4 Å². The third-order valence-electron chi connectivity index (χ3n) is 5.14. The van der Waals surface area contributed by atoms with E-state index in [1.54, 1.807) is 0 Å². The number of rotatable bonds is 4. The Kier molecular flexibility index (Phi) is 5.68. The van der Waals surface area contributed by atoms with Gasteiger partial charge in [0.1, 0.15) is 5.82 Å². The number of ketones is 1. The van der Waals surface area contributed by atoms with Crippen molar-refractivity contribution in [1.29, 1.82) is 0 Å². The summed E-state index contributed by atoms with van der Waals surface area (Å²) in [5.74, 6) is -0.394. The van der Waals surface area contributed by atoms with E-state index < -0.39 is 5.82 Å². The summed E-state index contributed by atoms with van der Waals surface area (Å²) in [5, 5.41) is 2.79. The maximum absolute atomic E-state index is 13.6. The van der Waals surface area contributed by atoms with Crippen LogP contribution in [0.15, 0.2) is 18.2 Å². The van der Waals surface area contributed by atoms with Gasteiger partial charge in [0, 0.05) is 25.3 Å². The minimum Gasteiger partial charge on any atom is -0.324 e. The van der Waals surface area contributed by atoms with E-state index in [0.717, 1.165) is 26.1 Å². The number of nitrogens with one attached hydrogen (secondary N) is 1. The molecule has 0 radical (unpaired) electrons. The summed E-state index contributed by atoms with van der Waals surface area (Å²) in [6, 6.07) is 3.93. The Hall–Kier alpha value is -1.95. The molecular formula is C19H26FN3O2. The van der Waals surface area contributed by atoms with Crippen molar-refractivity contribution in [3.05, 3.63) is 29.6 Å². The van der Waals surface area contributed by atoms with Gasteiger partial charge in [-0.25, -0.2) is 9.18 Å². The normalized spacial score (nSPS) is 21.4. The van der Waals surface area contributed by atoms with Crippen LogP contribution in [0.3, 0.4) is 0 Å². The molecule has 2 heterocycles. The first kappa shape index (κ1) is 17.9. The Morgan fingerprint density at radius 2 is 1.96 bits per heavy atom. The largest absolute Gasteiger partial charge is 0.324 e. The van der Waals surface area contributed by atoms with Crippen LogP contribution in [0, 0.1) is 11.7 Å². The Morgan fingerprint density at radius 1 is 1.20 bits per heavy atom. The summed E-state index contributed by atoms with van der Waals surface area (Å²) in [6.45, 7) is 6.22. The van der Waals surface area contributed by atoms with E-state index in [9.17, 15) is 14.0 Å². The number of anilines is 1. The molecule has 0 aromatic heterocycles. The van der Waals surface area contributed by atoms with Crippen molar-refractivity contribution in [2.24, 2.45) is 5.92 Å². The lowest BCUT2D eigenvalue weighted by Gasteiger charge is -2.29. The predicted molar refractivity (Wildman–Crippen MR) is 95.4 cm³/mol. The second-order valence-electron chi connectivity index (χ2n) is 7.14. The van der Waals surface area contributed by atoms with Gasteiger partial charge in [-0.2, -0.15) is 0 Å². The molecule has 2 saturated heterocycles. The molecule has 1 N–H and O–H groups in total. The van der Waals surface area contributed by atoms with Crippen molar-refractivity contribution in [2.45, 2.75) is 32.6 Å². The number of urea groups is 1. The Balaban J connectivity index is 1.53. The molecule has 1 aromatic rings. The predicted octanol–water partition coefficient (Wildman–Crippen LogP) is 3.37. The van der Waals surface area contributed by atoms with Crippen LogP contribution in [0.25, 0.3) is 0 Å². The summed E-state index contributed by atoms with van der Waals surface area (Å²) < 4.78 is 13.6. The van der Waals surface area contributed by atoms with E-state index in [-0.39, 0.29) is 17.4 Å². The van der Waals surface area contributed by atoms with Crippen LogP contribution in [0.1, 0.15) is 43.0 Å². The second kappa shape index (κ2) is 7.95. The Morgan fingerprint density at radius 3 is 2.68 bits per heavy atom. The van der Waals surface area contributed by atoms with Crippen molar-refractivity contribution in [2.75, 3.05) is 38.0 Å². The number of benzene rings is 1. The fourth-order valence-corrected chi connectivity index (χ4v) is 3.75. The molecular weight excluding hydrogens is 321 g/mol. The van der Waals surface area contributed by atoms with Gasteiger partial charge in [0.2, 0.25) is 0 Å². The zero-order valence-corrected chi connectivity index (χ0v) is 14.8. The minimum atomic E-state index is -0.562. The molecule has 2 aliphatic rings. The molecule has 0 saturated carbocycles. The van der Waals surface area contributed by atoms with Gasteiger partial charge in [-0.15, -0.1) is 0 Å². The van der Waals surface area contributed by atoms with Crippen LogP contribution in [0.4, 0.5) is 14.9 Å². The molecule has 1 aromatic carbocycles. The van der Waals surface area contributed by atoms with Crippen LogP contribution < -0.4 is 5.32 Å². The smallest absolute Gasteiger partial charge is 0.321 e. The molecule has 0 bridgehead atoms. The molecule has 0 aliphatic carbocycles. The lowest BCUT2D eigenvalue weighted by atomic mass is 10.1. The van der Waals surface area contributed by atoms with Crippen LogP contribution in [-0.2, 0) is 0 Å². The standard InChI is InChI=1S/C19H26FN3O2/c1-14(24)17-11-16(5-6-18(17)20)21-19(25)23-10-7-15(13-23)12-22-8-3-2-4-9-22/h5-6,11,15H,2-4,7-10,12-13H2,1H3,(H,21,25). The van der Waals surface area contributed by atoms with E-state index in [4.69, 9.17) is 0 Å². The number of halogens is 1. The van der Waals surface area contributed by atoms with Gasteiger partial charge in [-0.3, -0.25) is 4.79 Å². The zero-order chi connectivity index (χ0) is 17.8. The third kappa shape index (κ3) is 4.57. The average Bonchev–Trinajstić information content (AvgIpc) is 3.06. The monoisotopic (exact) mass is 347 g/mol. The highest BCUT2D eigenvalue weighted by atomic mass is 19.1. The van der Waals surface area contributed by atoms with E-state index >= 15 is 0 Å². The highest BCUT2D eigenvalue weighted by molar-refractivity contribution is 5.97. The van der Waals surface area contributed by atoms with Gasteiger partial charge in [0.05, 0.1) is 5.56 Å². The van der Waals surface area contributed by atoms with E-state index in [1.807, 2.05) is 4.90 Å². The topological polar surface area (TPSA) is 52.7 Å².